The summed E-state index contributed by atoms with van der Waals surface area (Å²) in [7, 11) is -4.05. The molecule has 0 fully saturated rings. The number of rotatable bonds is 7. The summed E-state index contributed by atoms with van der Waals surface area (Å²) in [5, 5.41) is 2.37. The van der Waals surface area contributed by atoms with Crippen LogP contribution in [0.4, 0.5) is 10.1 Å². The molecule has 0 aromatic heterocycles. The van der Waals surface area contributed by atoms with Crippen LogP contribution >= 0.6 is 11.6 Å². The molecule has 0 saturated heterocycles. The molecule has 1 heterocycles. The lowest BCUT2D eigenvalue weighted by Gasteiger charge is -2.15. The van der Waals surface area contributed by atoms with Crippen molar-refractivity contribution in [3.63, 3.8) is 0 Å². The maximum absolute atomic E-state index is 13.1. The highest BCUT2D eigenvalue weighted by molar-refractivity contribution is 7.89. The van der Waals surface area contributed by atoms with Crippen LogP contribution in [0, 0.1) is 5.82 Å². The van der Waals surface area contributed by atoms with Gasteiger partial charge in [-0.1, -0.05) is 11.6 Å². The van der Waals surface area contributed by atoms with Crippen molar-refractivity contribution >= 4 is 39.2 Å². The van der Waals surface area contributed by atoms with Gasteiger partial charge < -0.3 is 19.5 Å². The fourth-order valence-electron chi connectivity index (χ4n) is 2.67. The molecule has 2 aromatic rings. The Kier molecular flexibility index (Phi) is 7.54. The molecular weight excluding hydrogens is 467 g/mol. The zero-order valence-electron chi connectivity index (χ0n) is 16.9. The number of halogens is 2. The van der Waals surface area contributed by atoms with Crippen LogP contribution in [0.2, 0.25) is 5.02 Å². The van der Waals surface area contributed by atoms with E-state index in [9.17, 15) is 22.4 Å². The molecule has 32 heavy (non-hydrogen) atoms. The number of hydrogen-bond acceptors (Lipinski definition) is 7. The van der Waals surface area contributed by atoms with Crippen molar-refractivity contribution < 1.29 is 36.6 Å². The van der Waals surface area contributed by atoms with E-state index in [2.05, 4.69) is 10.0 Å². The number of ether oxygens (including phenoxy) is 3. The van der Waals surface area contributed by atoms with Gasteiger partial charge in [0.15, 0.2) is 17.6 Å². The van der Waals surface area contributed by atoms with Gasteiger partial charge in [-0.2, -0.15) is 4.72 Å². The fourth-order valence-corrected chi connectivity index (χ4v) is 3.86. The maximum Gasteiger partial charge on any atom is 0.321 e. The predicted octanol–water partition coefficient (Wildman–Crippen LogP) is 2.49. The number of carbonyl (C=O) groups excluding carboxylic acids is 2. The summed E-state index contributed by atoms with van der Waals surface area (Å²) in [6.45, 7) is 1.44. The Morgan fingerprint density at radius 1 is 1.16 bits per heavy atom. The number of benzene rings is 2. The van der Waals surface area contributed by atoms with E-state index in [-0.39, 0.29) is 21.4 Å². The van der Waals surface area contributed by atoms with Gasteiger partial charge in [0.1, 0.15) is 12.4 Å². The van der Waals surface area contributed by atoms with Gasteiger partial charge in [0.2, 0.25) is 10.0 Å². The average Bonchev–Trinajstić information content (AvgIpc) is 2.99. The molecule has 1 unspecified atom stereocenters. The molecule has 9 nitrogen and oxygen atoms in total. The molecule has 0 radical (unpaired) electrons. The van der Waals surface area contributed by atoms with Crippen LogP contribution in [-0.2, 0) is 24.3 Å². The fraction of sp³-hybridized carbons (Fsp3) is 0.300. The predicted molar refractivity (Wildman–Crippen MR) is 113 cm³/mol. The van der Waals surface area contributed by atoms with Crippen LogP contribution < -0.4 is 19.5 Å². The van der Waals surface area contributed by atoms with E-state index < -0.39 is 40.4 Å². The van der Waals surface area contributed by atoms with Gasteiger partial charge in [-0.05, 0) is 37.3 Å². The zero-order chi connectivity index (χ0) is 23.3. The van der Waals surface area contributed by atoms with E-state index in [1.807, 2.05) is 0 Å². The number of hydrogen-bond donors (Lipinski definition) is 2. The molecule has 0 saturated carbocycles. The van der Waals surface area contributed by atoms with Gasteiger partial charge >= 0.3 is 5.97 Å². The molecule has 0 spiro atoms. The summed E-state index contributed by atoms with van der Waals surface area (Å²) in [5.74, 6) is -1.55. The van der Waals surface area contributed by atoms with Crippen molar-refractivity contribution in [3.05, 3.63) is 47.2 Å². The van der Waals surface area contributed by atoms with Crippen molar-refractivity contribution in [3.8, 4) is 11.5 Å². The Balaban J connectivity index is 1.55. The van der Waals surface area contributed by atoms with Crippen molar-refractivity contribution in [2.75, 3.05) is 25.1 Å². The number of anilines is 1. The summed E-state index contributed by atoms with van der Waals surface area (Å²) in [6.07, 6.45) is -0.592. The first-order valence-electron chi connectivity index (χ1n) is 9.50. The van der Waals surface area contributed by atoms with E-state index in [4.69, 9.17) is 25.8 Å². The maximum atomic E-state index is 13.1. The third kappa shape index (κ3) is 6.09. The van der Waals surface area contributed by atoms with Crippen molar-refractivity contribution in [1.29, 1.82) is 0 Å². The molecule has 2 aromatic carbocycles. The van der Waals surface area contributed by atoms with Gasteiger partial charge in [-0.25, -0.2) is 12.8 Å². The van der Waals surface area contributed by atoms with E-state index in [0.29, 0.717) is 25.4 Å². The van der Waals surface area contributed by atoms with Gasteiger partial charge in [0.25, 0.3) is 5.91 Å². The Hall–Kier alpha value is -2.89. The quantitative estimate of drug-likeness (QED) is 0.577. The lowest BCUT2D eigenvalue weighted by molar-refractivity contribution is -0.151. The molecule has 1 aliphatic rings. The second kappa shape index (κ2) is 10.2. The average molecular weight is 487 g/mol. The molecular formula is C20H20ClFN2O7S. The van der Waals surface area contributed by atoms with E-state index in [0.717, 1.165) is 12.1 Å². The van der Waals surface area contributed by atoms with Crippen LogP contribution in [0.3, 0.4) is 0 Å². The first-order valence-corrected chi connectivity index (χ1v) is 11.4. The minimum Gasteiger partial charge on any atom is -0.490 e. The molecule has 3 rings (SSSR count). The SMILES string of the molecule is CC(OC(=O)CNS(=O)(=O)c1ccc2c(c1)OCCCO2)C(=O)Nc1ccc(F)cc1Cl. The van der Waals surface area contributed by atoms with Crippen LogP contribution in [0.1, 0.15) is 13.3 Å². The first kappa shape index (κ1) is 23.8. The molecule has 12 heteroatoms. The van der Waals surface area contributed by atoms with E-state index >= 15 is 0 Å². The number of amides is 1. The highest BCUT2D eigenvalue weighted by atomic mass is 35.5. The standard InChI is InChI=1S/C20H20ClFN2O7S/c1-12(20(26)24-16-5-3-13(22)9-15(16)21)31-19(25)11-23-32(27,28)14-4-6-17-18(10-14)30-8-2-7-29-17/h3-6,9-10,12,23H,2,7-8,11H2,1H3,(H,24,26). The van der Waals surface area contributed by atoms with Gasteiger partial charge in [0.05, 0.1) is 28.8 Å². The Morgan fingerprint density at radius 3 is 2.59 bits per heavy atom. The van der Waals surface area contributed by atoms with Crippen LogP contribution in [0.5, 0.6) is 11.5 Å². The van der Waals surface area contributed by atoms with Crippen molar-refractivity contribution in [2.24, 2.45) is 0 Å². The van der Waals surface area contributed by atoms with E-state index in [1.54, 1.807) is 0 Å². The normalized spacial score (nSPS) is 14.2. The molecule has 1 aliphatic heterocycles. The van der Waals surface area contributed by atoms with Gasteiger partial charge in [-0.3, -0.25) is 9.59 Å². The summed E-state index contributed by atoms with van der Waals surface area (Å²) in [5.41, 5.74) is 0.135. The molecule has 2 N–H and O–H groups in total. The Labute approximate surface area is 188 Å². The van der Waals surface area contributed by atoms with Crippen LogP contribution in [0.15, 0.2) is 41.3 Å². The highest BCUT2D eigenvalue weighted by Crippen LogP contribution is 2.31. The molecule has 0 bridgehead atoms. The highest BCUT2D eigenvalue weighted by Gasteiger charge is 2.23. The van der Waals surface area contributed by atoms with Gasteiger partial charge in [-0.15, -0.1) is 0 Å². The number of nitrogens with one attached hydrogen (secondary N) is 2. The first-order chi connectivity index (χ1) is 15.2. The minimum atomic E-state index is -4.05. The number of esters is 1. The zero-order valence-corrected chi connectivity index (χ0v) is 18.5. The number of sulfonamides is 1. The van der Waals surface area contributed by atoms with Crippen molar-refractivity contribution in [2.45, 2.75) is 24.3 Å². The van der Waals surface area contributed by atoms with Crippen molar-refractivity contribution in [1.82, 2.24) is 4.72 Å². The lowest BCUT2D eigenvalue weighted by Crippen LogP contribution is -2.35. The smallest absolute Gasteiger partial charge is 0.321 e. The Bertz CT molecular complexity index is 1130. The second-order valence-corrected chi connectivity index (χ2v) is 8.90. The van der Waals surface area contributed by atoms with Crippen LogP contribution in [-0.4, -0.2) is 46.2 Å². The Morgan fingerprint density at radius 2 is 1.88 bits per heavy atom. The van der Waals surface area contributed by atoms with Gasteiger partial charge in [0, 0.05) is 12.5 Å². The topological polar surface area (TPSA) is 120 Å². The van der Waals surface area contributed by atoms with Crippen LogP contribution in [0.25, 0.3) is 0 Å². The third-order valence-corrected chi connectivity index (χ3v) is 6.01. The number of carbonyl (C=O) groups is 2. The largest absolute Gasteiger partial charge is 0.490 e. The second-order valence-electron chi connectivity index (χ2n) is 6.73. The summed E-state index contributed by atoms with van der Waals surface area (Å²) in [6, 6.07) is 7.48. The molecule has 0 aliphatic carbocycles. The molecule has 1 atom stereocenters. The number of fused-ring (bicyclic) bond motifs is 1. The lowest BCUT2D eigenvalue weighted by atomic mass is 10.3. The summed E-state index contributed by atoms with van der Waals surface area (Å²) in [4.78, 5) is 24.1. The minimum absolute atomic E-state index is 0.0280. The summed E-state index contributed by atoms with van der Waals surface area (Å²) < 4.78 is 56.1. The third-order valence-electron chi connectivity index (χ3n) is 4.30. The summed E-state index contributed by atoms with van der Waals surface area (Å²) >= 11 is 5.84. The monoisotopic (exact) mass is 486 g/mol. The van der Waals surface area contributed by atoms with E-state index in [1.165, 1.54) is 31.2 Å². The molecule has 1 amide bonds. The molecule has 172 valence electrons.